The topological polar surface area (TPSA) is 36.4 Å². The van der Waals surface area contributed by atoms with E-state index in [2.05, 4.69) is 94.7 Å². The Kier molecular flexibility index (Phi) is 28.9. The van der Waals surface area contributed by atoms with Gasteiger partial charge >= 0.3 is 83.5 Å². The Morgan fingerprint density at radius 1 is 0.520 bits per heavy atom. The molecule has 0 aliphatic rings. The molecule has 284 valence electrons. The molecule has 0 unspecified atom stereocenters. The van der Waals surface area contributed by atoms with E-state index in [0.717, 1.165) is 31.3 Å². The third-order valence-corrected chi connectivity index (χ3v) is 10.6. The van der Waals surface area contributed by atoms with Gasteiger partial charge in [0, 0.05) is 0 Å². The molecule has 0 saturated carbocycles. The number of rotatable bonds is 27. The molecule has 0 aromatic heterocycles. The zero-order valence-electron chi connectivity index (χ0n) is 33.7. The van der Waals surface area contributed by atoms with E-state index in [9.17, 15) is 5.53 Å². The van der Waals surface area contributed by atoms with Crippen molar-refractivity contribution in [2.75, 3.05) is 0 Å². The molecule has 2 aromatic rings. The van der Waals surface area contributed by atoms with Crippen LogP contribution in [0.15, 0.2) is 48.0 Å². The van der Waals surface area contributed by atoms with Gasteiger partial charge in [-0.3, -0.25) is 0 Å². The van der Waals surface area contributed by atoms with Gasteiger partial charge in [-0.2, -0.15) is 0 Å². The molecular weight excluding hydrogens is 651 g/mol. The van der Waals surface area contributed by atoms with Crippen LogP contribution in [0.1, 0.15) is 197 Å². The van der Waals surface area contributed by atoms with E-state index in [1.807, 2.05) is 21.4 Å². The Labute approximate surface area is 316 Å². The molecule has 2 nitrogen and oxygen atoms in total. The van der Waals surface area contributed by atoms with E-state index in [1.54, 1.807) is 0 Å². The van der Waals surface area contributed by atoms with Crippen molar-refractivity contribution in [3.8, 4) is 0 Å². The fourth-order valence-corrected chi connectivity index (χ4v) is 7.48. The average Bonchev–Trinajstić information content (AvgIpc) is 3.12. The number of allylic oxidation sites excluding steroid dienone is 2. The van der Waals surface area contributed by atoms with Crippen molar-refractivity contribution in [3.05, 3.63) is 87.0 Å². The van der Waals surface area contributed by atoms with Crippen molar-refractivity contribution in [3.63, 3.8) is 0 Å². The molecule has 0 N–H and O–H groups in total. The summed E-state index contributed by atoms with van der Waals surface area (Å²) in [5.41, 5.74) is 19.6. The molecule has 0 amide bonds. The van der Waals surface area contributed by atoms with Crippen LogP contribution in [0.5, 0.6) is 0 Å². The van der Waals surface area contributed by atoms with Crippen molar-refractivity contribution >= 4 is 11.4 Å². The summed E-state index contributed by atoms with van der Waals surface area (Å²) in [6, 6.07) is 14.5. The Morgan fingerprint density at radius 2 is 0.880 bits per heavy atom. The summed E-state index contributed by atoms with van der Waals surface area (Å²) in [5, 5.41) is 2.81. The fraction of sp³-hybridized carbons (Fsp3) is 0.660. The first-order valence-corrected chi connectivity index (χ1v) is 22.2. The van der Waals surface area contributed by atoms with Crippen LogP contribution in [0.2, 0.25) is 10.8 Å². The fourth-order valence-electron chi connectivity index (χ4n) is 6.24. The molecule has 0 radical (unpaired) electrons. The maximum atomic E-state index is 9.21. The third-order valence-electron chi connectivity index (χ3n) is 9.24. The maximum absolute atomic E-state index is 9.21. The standard InChI is InChI=1S/C37H54N2.2C5H11.Ni/c1-6-10-14-16-20-33-24-34(21-17-15-11-7-2)28-36(27-33)37(22-30(5)29-39-38)35-25-31(18-12-8-3)23-32(26-35)19-13-9-4;2*1-3-5-4-2;/h22-28H,6-21H2,1-5H3;2*1,3-5H2,2H3;. The molecule has 0 heterocycles. The van der Waals surface area contributed by atoms with Gasteiger partial charge in [-0.25, -0.2) is 0 Å². The second-order valence-electron chi connectivity index (χ2n) is 14.2. The van der Waals surface area contributed by atoms with E-state index < -0.39 is 0 Å². The number of benzene rings is 2. The zero-order valence-corrected chi connectivity index (χ0v) is 34.7. The van der Waals surface area contributed by atoms with Gasteiger partial charge in [-0.05, 0) is 103 Å². The van der Waals surface area contributed by atoms with Crippen molar-refractivity contribution in [1.82, 2.24) is 0 Å². The summed E-state index contributed by atoms with van der Waals surface area (Å²) in [6.07, 6.45) is 30.2. The van der Waals surface area contributed by atoms with Crippen LogP contribution in [0.4, 0.5) is 0 Å². The Balaban J connectivity index is 0.000000973. The Bertz CT molecular complexity index is 1200. The van der Waals surface area contributed by atoms with Crippen LogP contribution in [0.3, 0.4) is 0 Å². The molecule has 0 spiro atoms. The van der Waals surface area contributed by atoms with Crippen LogP contribution in [-0.2, 0) is 40.1 Å². The molecule has 0 bridgehead atoms. The van der Waals surface area contributed by atoms with Crippen molar-refractivity contribution in [1.29, 1.82) is 0 Å². The second-order valence-corrected chi connectivity index (χ2v) is 15.7. The first-order valence-electron chi connectivity index (χ1n) is 20.8. The summed E-state index contributed by atoms with van der Waals surface area (Å²) in [4.78, 5) is 3.21. The van der Waals surface area contributed by atoms with Gasteiger partial charge < -0.3 is 5.53 Å². The van der Waals surface area contributed by atoms with Crippen LogP contribution < -0.4 is 0 Å². The minimum atomic E-state index is 0.833. The van der Waals surface area contributed by atoms with Crippen LogP contribution >= 0.6 is 0 Å². The molecule has 3 heteroatoms. The molecule has 2 aromatic carbocycles. The SMILES string of the molecule is CCCCCCc1cc(CCCCCC)cc(C(=CC(C)=C=[N+]=[N-])c2cc(CCCC)cc(CCCC)c2)c1.CCCC[CH2][Ni][CH2]CCCC. The molecule has 0 aliphatic heterocycles. The molecule has 0 fully saturated rings. The van der Waals surface area contributed by atoms with E-state index >= 15 is 0 Å². The van der Waals surface area contributed by atoms with Gasteiger partial charge in [0.25, 0.3) is 0 Å². The van der Waals surface area contributed by atoms with Crippen molar-refractivity contribution in [2.24, 2.45) is 0 Å². The molecule has 50 heavy (non-hydrogen) atoms. The van der Waals surface area contributed by atoms with Gasteiger partial charge in [0.2, 0.25) is 0 Å². The van der Waals surface area contributed by atoms with Gasteiger partial charge in [0.15, 0.2) is 0 Å². The molecule has 0 atom stereocenters. The first-order chi connectivity index (χ1) is 24.5. The number of unbranched alkanes of at least 4 members (excludes halogenated alkanes) is 12. The second kappa shape index (κ2) is 31.6. The first kappa shape index (κ1) is 45.9. The quantitative estimate of drug-likeness (QED) is 0.0219. The number of aryl methyl sites for hydroxylation is 4. The van der Waals surface area contributed by atoms with Crippen molar-refractivity contribution in [2.45, 2.75) is 201 Å². The average molecular weight is 728 g/mol. The molecule has 0 aliphatic carbocycles. The molecule has 0 saturated heterocycles. The summed E-state index contributed by atoms with van der Waals surface area (Å²) in [6.45, 7) is 15.6. The zero-order chi connectivity index (χ0) is 36.7. The predicted molar refractivity (Wildman–Crippen MR) is 219 cm³/mol. The van der Waals surface area contributed by atoms with Crippen LogP contribution in [-0.4, -0.2) is 10.7 Å². The van der Waals surface area contributed by atoms with Gasteiger partial charge in [0.05, 0.1) is 5.57 Å². The van der Waals surface area contributed by atoms with E-state index in [0.29, 0.717) is 0 Å². The predicted octanol–water partition coefficient (Wildman–Crippen LogP) is 15.2. The number of hydrogen-bond donors (Lipinski definition) is 0. The summed E-state index contributed by atoms with van der Waals surface area (Å²) in [7, 11) is 0. The number of nitrogens with zero attached hydrogens (tertiary/aromatic N) is 2. The Morgan fingerprint density at radius 3 is 1.24 bits per heavy atom. The summed E-state index contributed by atoms with van der Waals surface area (Å²) in [5.74, 6) is 2.76. The number of hydrogen-bond acceptors (Lipinski definition) is 0. The van der Waals surface area contributed by atoms with Crippen molar-refractivity contribution < 1.29 is 19.2 Å². The summed E-state index contributed by atoms with van der Waals surface area (Å²) < 4.78 is 0. The van der Waals surface area contributed by atoms with Gasteiger partial charge in [-0.15, -0.1) is 4.79 Å². The van der Waals surface area contributed by atoms with Crippen LogP contribution in [0.25, 0.3) is 11.1 Å². The monoisotopic (exact) mass is 727 g/mol. The normalized spacial score (nSPS) is 11.2. The summed E-state index contributed by atoms with van der Waals surface area (Å²) >= 11 is 1.97. The molecular formula is C47H76N2Ni. The Hall–Kier alpha value is -2.17. The molecule has 2 rings (SSSR count). The van der Waals surface area contributed by atoms with E-state index in [4.69, 9.17) is 0 Å². The van der Waals surface area contributed by atoms with Gasteiger partial charge in [0.1, 0.15) is 0 Å². The van der Waals surface area contributed by atoms with Crippen LogP contribution in [0, 0.1) is 0 Å². The van der Waals surface area contributed by atoms with Gasteiger partial charge in [-0.1, -0.05) is 115 Å². The minimum absolute atomic E-state index is 0.833. The van der Waals surface area contributed by atoms with E-state index in [1.165, 1.54) is 165 Å². The van der Waals surface area contributed by atoms with E-state index in [-0.39, 0.29) is 0 Å². The third kappa shape index (κ3) is 21.9.